The lowest BCUT2D eigenvalue weighted by Crippen LogP contribution is -2.30. The fraction of sp³-hybridized carbons (Fsp3) is 0.267. The molecule has 1 amide bonds. The molecule has 0 radical (unpaired) electrons. The lowest BCUT2D eigenvalue weighted by atomic mass is 10.2. The van der Waals surface area contributed by atoms with E-state index < -0.39 is 0 Å². The van der Waals surface area contributed by atoms with Gasteiger partial charge in [-0.15, -0.1) is 0 Å². The van der Waals surface area contributed by atoms with Gasteiger partial charge in [-0.1, -0.05) is 17.7 Å². The fourth-order valence-electron chi connectivity index (χ4n) is 1.81. The van der Waals surface area contributed by atoms with Gasteiger partial charge in [-0.05, 0) is 43.7 Å². The van der Waals surface area contributed by atoms with Crippen LogP contribution in [0.1, 0.15) is 24.3 Å². The number of amides is 1. The Morgan fingerprint density at radius 3 is 2.90 bits per heavy atom. The first-order valence-electron chi connectivity index (χ1n) is 6.39. The molecule has 106 valence electrons. The SMILES string of the molecule is Cc1ccc(Cl)cc1NC(=O)CN[C@@H](C)c1ccco1. The largest absolute Gasteiger partial charge is 0.468 e. The molecule has 0 spiro atoms. The Balaban J connectivity index is 1.88. The van der Waals surface area contributed by atoms with Crippen LogP contribution in [0.2, 0.25) is 5.02 Å². The van der Waals surface area contributed by atoms with Crippen LogP contribution >= 0.6 is 11.6 Å². The minimum atomic E-state index is -0.117. The molecule has 1 aromatic heterocycles. The summed E-state index contributed by atoms with van der Waals surface area (Å²) in [4.78, 5) is 11.9. The highest BCUT2D eigenvalue weighted by molar-refractivity contribution is 6.31. The summed E-state index contributed by atoms with van der Waals surface area (Å²) >= 11 is 5.92. The van der Waals surface area contributed by atoms with Crippen LogP contribution in [0.25, 0.3) is 0 Å². The zero-order chi connectivity index (χ0) is 14.5. The number of rotatable bonds is 5. The van der Waals surface area contributed by atoms with E-state index in [2.05, 4.69) is 10.6 Å². The molecule has 4 nitrogen and oxygen atoms in total. The standard InChI is InChI=1S/C15H17ClN2O2/c1-10-5-6-12(16)8-13(10)18-15(19)9-17-11(2)14-4-3-7-20-14/h3-8,11,17H,9H2,1-2H3,(H,18,19)/t11-/m0/s1. The zero-order valence-electron chi connectivity index (χ0n) is 11.4. The van der Waals surface area contributed by atoms with Gasteiger partial charge in [0.05, 0.1) is 18.8 Å². The van der Waals surface area contributed by atoms with Crippen molar-refractivity contribution in [1.82, 2.24) is 5.32 Å². The second kappa shape index (κ2) is 6.59. The minimum Gasteiger partial charge on any atom is -0.468 e. The van der Waals surface area contributed by atoms with Gasteiger partial charge in [-0.25, -0.2) is 0 Å². The Hall–Kier alpha value is -1.78. The Morgan fingerprint density at radius 1 is 1.40 bits per heavy atom. The maximum atomic E-state index is 11.9. The first-order valence-corrected chi connectivity index (χ1v) is 6.77. The molecule has 2 rings (SSSR count). The van der Waals surface area contributed by atoms with E-state index in [4.69, 9.17) is 16.0 Å². The maximum absolute atomic E-state index is 11.9. The van der Waals surface area contributed by atoms with Gasteiger partial charge in [0.2, 0.25) is 5.91 Å². The van der Waals surface area contributed by atoms with Crippen molar-refractivity contribution in [2.75, 3.05) is 11.9 Å². The second-order valence-corrected chi connectivity index (χ2v) is 5.06. The molecule has 0 aliphatic heterocycles. The van der Waals surface area contributed by atoms with Crippen LogP contribution in [0.4, 0.5) is 5.69 Å². The summed E-state index contributed by atoms with van der Waals surface area (Å²) in [6.45, 7) is 4.06. The molecular formula is C15H17ClN2O2. The molecule has 0 bridgehead atoms. The fourth-order valence-corrected chi connectivity index (χ4v) is 1.98. The molecule has 0 fully saturated rings. The van der Waals surface area contributed by atoms with Crippen LogP contribution in [0.15, 0.2) is 41.0 Å². The van der Waals surface area contributed by atoms with Crippen LogP contribution in [0.5, 0.6) is 0 Å². The number of nitrogens with one attached hydrogen (secondary N) is 2. The van der Waals surface area contributed by atoms with Crippen molar-refractivity contribution in [3.63, 3.8) is 0 Å². The lowest BCUT2D eigenvalue weighted by Gasteiger charge is -2.12. The van der Waals surface area contributed by atoms with Gasteiger partial charge >= 0.3 is 0 Å². The highest BCUT2D eigenvalue weighted by Crippen LogP contribution is 2.20. The number of furan rings is 1. The van der Waals surface area contributed by atoms with Gasteiger partial charge in [0, 0.05) is 10.7 Å². The van der Waals surface area contributed by atoms with E-state index in [1.165, 1.54) is 0 Å². The molecule has 2 N–H and O–H groups in total. The molecule has 2 aromatic rings. The monoisotopic (exact) mass is 292 g/mol. The predicted octanol–water partition coefficient (Wildman–Crippen LogP) is 3.53. The first kappa shape index (κ1) is 14.6. The molecule has 1 heterocycles. The first-order chi connectivity index (χ1) is 9.56. The topological polar surface area (TPSA) is 54.3 Å². The number of carbonyl (C=O) groups is 1. The number of anilines is 1. The number of halogens is 1. The van der Waals surface area contributed by atoms with Crippen molar-refractivity contribution < 1.29 is 9.21 Å². The van der Waals surface area contributed by atoms with Gasteiger partial charge in [0.15, 0.2) is 0 Å². The minimum absolute atomic E-state index is 0.0174. The average Bonchev–Trinajstić information content (AvgIpc) is 2.94. The summed E-state index contributed by atoms with van der Waals surface area (Å²) in [5, 5.41) is 6.54. The van der Waals surface area contributed by atoms with Crippen molar-refractivity contribution in [3.05, 3.63) is 52.9 Å². The number of aryl methyl sites for hydroxylation is 1. The number of carbonyl (C=O) groups excluding carboxylic acids is 1. The highest BCUT2D eigenvalue weighted by atomic mass is 35.5. The van der Waals surface area contributed by atoms with E-state index >= 15 is 0 Å². The number of hydrogen-bond donors (Lipinski definition) is 2. The summed E-state index contributed by atoms with van der Waals surface area (Å²) in [5.41, 5.74) is 1.71. The van der Waals surface area contributed by atoms with Crippen LogP contribution < -0.4 is 10.6 Å². The molecule has 1 atom stereocenters. The van der Waals surface area contributed by atoms with Crippen molar-refractivity contribution in [2.45, 2.75) is 19.9 Å². The third-order valence-corrected chi connectivity index (χ3v) is 3.25. The third kappa shape index (κ3) is 3.85. The third-order valence-electron chi connectivity index (χ3n) is 3.01. The quantitative estimate of drug-likeness (QED) is 0.886. The number of benzene rings is 1. The van der Waals surface area contributed by atoms with Crippen LogP contribution in [0, 0.1) is 6.92 Å². The van der Waals surface area contributed by atoms with Crippen molar-refractivity contribution in [3.8, 4) is 0 Å². The summed E-state index contributed by atoms with van der Waals surface area (Å²) in [6, 6.07) is 9.08. The van der Waals surface area contributed by atoms with E-state index in [0.29, 0.717) is 5.02 Å². The lowest BCUT2D eigenvalue weighted by molar-refractivity contribution is -0.115. The van der Waals surface area contributed by atoms with Gasteiger partial charge < -0.3 is 9.73 Å². The molecule has 5 heteroatoms. The summed E-state index contributed by atoms with van der Waals surface area (Å²) in [6.07, 6.45) is 1.61. The van der Waals surface area contributed by atoms with Gasteiger partial charge in [0.25, 0.3) is 0 Å². The van der Waals surface area contributed by atoms with E-state index in [0.717, 1.165) is 17.0 Å². The average molecular weight is 293 g/mol. The second-order valence-electron chi connectivity index (χ2n) is 4.63. The van der Waals surface area contributed by atoms with Crippen LogP contribution in [-0.4, -0.2) is 12.5 Å². The van der Waals surface area contributed by atoms with E-state index in [-0.39, 0.29) is 18.5 Å². The smallest absolute Gasteiger partial charge is 0.238 e. The van der Waals surface area contributed by atoms with Gasteiger partial charge in [0.1, 0.15) is 5.76 Å². The summed E-state index contributed by atoms with van der Waals surface area (Å²) < 4.78 is 5.27. The van der Waals surface area contributed by atoms with Crippen molar-refractivity contribution >= 4 is 23.2 Å². The molecule has 0 unspecified atom stereocenters. The van der Waals surface area contributed by atoms with Crippen molar-refractivity contribution in [1.29, 1.82) is 0 Å². The Morgan fingerprint density at radius 2 is 2.20 bits per heavy atom. The van der Waals surface area contributed by atoms with Gasteiger partial charge in [-0.2, -0.15) is 0 Å². The van der Waals surface area contributed by atoms with E-state index in [1.807, 2.05) is 32.0 Å². The zero-order valence-corrected chi connectivity index (χ0v) is 12.2. The van der Waals surface area contributed by atoms with Gasteiger partial charge in [-0.3, -0.25) is 10.1 Å². The normalized spacial score (nSPS) is 12.2. The Bertz CT molecular complexity index is 582. The molecule has 0 aliphatic carbocycles. The molecule has 0 aliphatic rings. The Labute approximate surface area is 123 Å². The summed E-state index contributed by atoms with van der Waals surface area (Å²) in [5.74, 6) is 0.686. The number of hydrogen-bond acceptors (Lipinski definition) is 3. The maximum Gasteiger partial charge on any atom is 0.238 e. The Kier molecular flexibility index (Phi) is 4.82. The molecule has 20 heavy (non-hydrogen) atoms. The summed E-state index contributed by atoms with van der Waals surface area (Å²) in [7, 11) is 0. The van der Waals surface area contributed by atoms with E-state index in [9.17, 15) is 4.79 Å². The molecular weight excluding hydrogens is 276 g/mol. The predicted molar refractivity (Wildman–Crippen MR) is 79.9 cm³/mol. The highest BCUT2D eigenvalue weighted by Gasteiger charge is 2.10. The van der Waals surface area contributed by atoms with Crippen LogP contribution in [-0.2, 0) is 4.79 Å². The molecule has 0 saturated heterocycles. The van der Waals surface area contributed by atoms with Crippen molar-refractivity contribution in [2.24, 2.45) is 0 Å². The molecule has 0 saturated carbocycles. The van der Waals surface area contributed by atoms with E-state index in [1.54, 1.807) is 18.4 Å². The van der Waals surface area contributed by atoms with Crippen LogP contribution in [0.3, 0.4) is 0 Å². The molecule has 1 aromatic carbocycles.